The lowest BCUT2D eigenvalue weighted by Gasteiger charge is -2.19. The number of rotatable bonds is 2. The Kier molecular flexibility index (Phi) is 3.53. The highest BCUT2D eigenvalue weighted by atomic mass is 16.4. The van der Waals surface area contributed by atoms with Crippen LogP contribution in [-0.4, -0.2) is 11.1 Å². The van der Waals surface area contributed by atoms with Crippen molar-refractivity contribution < 1.29 is 9.90 Å². The molecule has 0 saturated carbocycles. The molecule has 1 aromatic carbocycles. The smallest absolute Gasteiger partial charge is 0.328 e. The molecule has 1 aromatic rings. The van der Waals surface area contributed by atoms with Gasteiger partial charge in [0.15, 0.2) is 0 Å². The van der Waals surface area contributed by atoms with Crippen molar-refractivity contribution >= 4 is 11.5 Å². The molecule has 0 aliphatic rings. The van der Waals surface area contributed by atoms with Crippen molar-refractivity contribution in [2.75, 3.05) is 0 Å². The summed E-state index contributed by atoms with van der Waals surface area (Å²) < 4.78 is 0. The molecule has 2 heteroatoms. The normalized spacial score (nSPS) is 12.6. The van der Waals surface area contributed by atoms with Crippen molar-refractivity contribution in [1.29, 1.82) is 0 Å². The third-order valence-corrected chi connectivity index (χ3v) is 2.55. The molecule has 1 rings (SSSR count). The number of hydrogen-bond acceptors (Lipinski definition) is 1. The molecule has 0 heterocycles. The van der Waals surface area contributed by atoms with Crippen LogP contribution < -0.4 is 0 Å². The second-order valence-electron chi connectivity index (χ2n) is 4.99. The van der Waals surface area contributed by atoms with Gasteiger partial charge in [-0.25, -0.2) is 4.79 Å². The maximum absolute atomic E-state index is 10.5. The standard InChI is InChI=1S/C14H18O2/c1-10(9-13(15)16)11-5-7-12(8-6-11)14(2,3)4/h5-9H,1-4H3,(H,15,16)/b10-9+. The van der Waals surface area contributed by atoms with Gasteiger partial charge in [0.25, 0.3) is 0 Å². The summed E-state index contributed by atoms with van der Waals surface area (Å²) in [7, 11) is 0. The topological polar surface area (TPSA) is 37.3 Å². The van der Waals surface area contributed by atoms with E-state index >= 15 is 0 Å². The van der Waals surface area contributed by atoms with Crippen LogP contribution in [0, 0.1) is 0 Å². The molecule has 1 N–H and O–H groups in total. The summed E-state index contributed by atoms with van der Waals surface area (Å²) in [4.78, 5) is 10.5. The maximum Gasteiger partial charge on any atom is 0.328 e. The molecule has 0 aliphatic carbocycles. The number of benzene rings is 1. The Morgan fingerprint density at radius 2 is 1.69 bits per heavy atom. The summed E-state index contributed by atoms with van der Waals surface area (Å²) in [5, 5.41) is 8.65. The summed E-state index contributed by atoms with van der Waals surface area (Å²) in [6.45, 7) is 8.27. The zero-order valence-corrected chi connectivity index (χ0v) is 10.2. The third-order valence-electron chi connectivity index (χ3n) is 2.55. The first-order chi connectivity index (χ1) is 7.30. The summed E-state index contributed by atoms with van der Waals surface area (Å²) in [5.74, 6) is -0.905. The van der Waals surface area contributed by atoms with Crippen LogP contribution in [0.5, 0.6) is 0 Å². The van der Waals surface area contributed by atoms with E-state index < -0.39 is 5.97 Å². The first-order valence-corrected chi connectivity index (χ1v) is 5.33. The van der Waals surface area contributed by atoms with Crippen LogP contribution in [0.4, 0.5) is 0 Å². The highest BCUT2D eigenvalue weighted by Gasteiger charge is 2.12. The van der Waals surface area contributed by atoms with Crippen LogP contribution in [0.25, 0.3) is 5.57 Å². The largest absolute Gasteiger partial charge is 0.478 e. The van der Waals surface area contributed by atoms with Gasteiger partial charge in [-0.15, -0.1) is 0 Å². The SMILES string of the molecule is C/C(=C\C(=O)O)c1ccc(C(C)(C)C)cc1. The summed E-state index contributed by atoms with van der Waals surface area (Å²) in [5.41, 5.74) is 3.10. The minimum absolute atomic E-state index is 0.128. The van der Waals surface area contributed by atoms with Crippen LogP contribution in [0.1, 0.15) is 38.8 Å². The Bertz CT molecular complexity index is 405. The van der Waals surface area contributed by atoms with Gasteiger partial charge in [-0.3, -0.25) is 0 Å². The Balaban J connectivity index is 3.00. The first-order valence-electron chi connectivity index (χ1n) is 5.33. The zero-order valence-electron chi connectivity index (χ0n) is 10.2. The second-order valence-corrected chi connectivity index (χ2v) is 4.99. The van der Waals surface area contributed by atoms with Crippen molar-refractivity contribution in [1.82, 2.24) is 0 Å². The molecule has 0 bridgehead atoms. The number of carbonyl (C=O) groups is 1. The van der Waals surface area contributed by atoms with E-state index in [-0.39, 0.29) is 5.41 Å². The number of carboxylic acid groups (broad SMARTS) is 1. The van der Waals surface area contributed by atoms with E-state index in [0.29, 0.717) is 0 Å². The molecule has 0 saturated heterocycles. The number of carboxylic acids is 1. The molecule has 0 unspecified atom stereocenters. The Labute approximate surface area is 96.6 Å². The lowest BCUT2D eigenvalue weighted by Crippen LogP contribution is -2.10. The Morgan fingerprint density at radius 1 is 1.19 bits per heavy atom. The van der Waals surface area contributed by atoms with Crippen molar-refractivity contribution in [2.24, 2.45) is 0 Å². The minimum Gasteiger partial charge on any atom is -0.478 e. The van der Waals surface area contributed by atoms with Gasteiger partial charge in [0.05, 0.1) is 0 Å². The molecule has 2 nitrogen and oxygen atoms in total. The average molecular weight is 218 g/mol. The molecular weight excluding hydrogens is 200 g/mol. The molecule has 0 fully saturated rings. The van der Waals surface area contributed by atoms with Gasteiger partial charge in [-0.2, -0.15) is 0 Å². The van der Waals surface area contributed by atoms with Gasteiger partial charge in [0.2, 0.25) is 0 Å². The first kappa shape index (κ1) is 12.5. The molecule has 0 aromatic heterocycles. The van der Waals surface area contributed by atoms with Crippen molar-refractivity contribution in [3.05, 3.63) is 41.5 Å². The Morgan fingerprint density at radius 3 is 2.06 bits per heavy atom. The molecule has 0 atom stereocenters. The monoisotopic (exact) mass is 218 g/mol. The highest BCUT2D eigenvalue weighted by molar-refractivity contribution is 5.89. The van der Waals surface area contributed by atoms with Gasteiger partial charge < -0.3 is 5.11 Å². The quantitative estimate of drug-likeness (QED) is 0.772. The van der Waals surface area contributed by atoms with Crippen LogP contribution in [0.3, 0.4) is 0 Å². The molecule has 0 spiro atoms. The van der Waals surface area contributed by atoms with E-state index in [0.717, 1.165) is 11.1 Å². The third kappa shape index (κ3) is 3.23. The fraction of sp³-hybridized carbons (Fsp3) is 0.357. The molecule has 16 heavy (non-hydrogen) atoms. The number of hydrogen-bond donors (Lipinski definition) is 1. The highest BCUT2D eigenvalue weighted by Crippen LogP contribution is 2.24. The van der Waals surface area contributed by atoms with E-state index in [2.05, 4.69) is 32.9 Å². The van der Waals surface area contributed by atoms with E-state index in [1.54, 1.807) is 6.92 Å². The van der Waals surface area contributed by atoms with E-state index in [4.69, 9.17) is 5.11 Å². The maximum atomic E-state index is 10.5. The summed E-state index contributed by atoms with van der Waals surface area (Å²) in [6.07, 6.45) is 1.23. The van der Waals surface area contributed by atoms with Crippen LogP contribution in [0.15, 0.2) is 30.3 Å². The van der Waals surface area contributed by atoms with Crippen molar-refractivity contribution in [3.8, 4) is 0 Å². The van der Waals surface area contributed by atoms with Crippen LogP contribution >= 0.6 is 0 Å². The number of aliphatic carboxylic acids is 1. The van der Waals surface area contributed by atoms with E-state index in [1.165, 1.54) is 11.6 Å². The van der Waals surface area contributed by atoms with Crippen molar-refractivity contribution in [2.45, 2.75) is 33.1 Å². The fourth-order valence-electron chi connectivity index (χ4n) is 1.50. The molecule has 0 radical (unpaired) electrons. The van der Waals surface area contributed by atoms with E-state index in [9.17, 15) is 4.79 Å². The van der Waals surface area contributed by atoms with Gasteiger partial charge in [-0.1, -0.05) is 45.0 Å². The predicted molar refractivity (Wildman–Crippen MR) is 66.4 cm³/mol. The molecule has 0 amide bonds. The molecule has 86 valence electrons. The average Bonchev–Trinajstić information content (AvgIpc) is 2.15. The molecular formula is C14H18O2. The lowest BCUT2D eigenvalue weighted by atomic mass is 9.86. The van der Waals surface area contributed by atoms with Crippen LogP contribution in [0.2, 0.25) is 0 Å². The Hall–Kier alpha value is -1.57. The van der Waals surface area contributed by atoms with Gasteiger partial charge in [-0.05, 0) is 29.0 Å². The van der Waals surface area contributed by atoms with Crippen LogP contribution in [-0.2, 0) is 10.2 Å². The van der Waals surface area contributed by atoms with Crippen molar-refractivity contribution in [3.63, 3.8) is 0 Å². The van der Waals surface area contributed by atoms with E-state index in [1.807, 2.05) is 12.1 Å². The van der Waals surface area contributed by atoms with Gasteiger partial charge in [0, 0.05) is 6.08 Å². The molecule has 0 aliphatic heterocycles. The lowest BCUT2D eigenvalue weighted by molar-refractivity contribution is -0.131. The minimum atomic E-state index is -0.905. The van der Waals surface area contributed by atoms with Gasteiger partial charge >= 0.3 is 5.97 Å². The fourth-order valence-corrected chi connectivity index (χ4v) is 1.50. The predicted octanol–water partition coefficient (Wildman–Crippen LogP) is 3.47. The summed E-state index contributed by atoms with van der Waals surface area (Å²) >= 11 is 0. The summed E-state index contributed by atoms with van der Waals surface area (Å²) in [6, 6.07) is 8.04. The zero-order chi connectivity index (χ0) is 12.3. The van der Waals surface area contributed by atoms with Gasteiger partial charge in [0.1, 0.15) is 0 Å². The second kappa shape index (κ2) is 4.52. The number of allylic oxidation sites excluding steroid dienone is 1.